The van der Waals surface area contributed by atoms with Crippen molar-refractivity contribution in [2.24, 2.45) is 0 Å². The average molecular weight is 350 g/mol. The van der Waals surface area contributed by atoms with Crippen LogP contribution in [0.15, 0.2) is 42.5 Å². The normalized spacial score (nSPS) is 15.7. The molecule has 3 aromatic rings. The van der Waals surface area contributed by atoms with Gasteiger partial charge < -0.3 is 19.5 Å². The van der Waals surface area contributed by atoms with Crippen LogP contribution in [0.1, 0.15) is 18.1 Å². The van der Waals surface area contributed by atoms with Crippen LogP contribution >= 0.6 is 0 Å². The van der Waals surface area contributed by atoms with Gasteiger partial charge >= 0.3 is 0 Å². The molecule has 0 amide bonds. The third-order valence-electron chi connectivity index (χ3n) is 5.38. The molecule has 5 heteroatoms. The summed E-state index contributed by atoms with van der Waals surface area (Å²) < 4.78 is 2.25. The number of likely N-dealkylation sites (N-methyl/N-ethyl adjacent to an activating group) is 1. The molecule has 0 saturated carbocycles. The Morgan fingerprint density at radius 1 is 1.00 bits per heavy atom. The molecule has 2 aromatic carbocycles. The molecule has 1 aliphatic heterocycles. The van der Waals surface area contributed by atoms with E-state index in [0.717, 1.165) is 55.3 Å². The number of rotatable bonds is 4. The van der Waals surface area contributed by atoms with Crippen LogP contribution in [0.5, 0.6) is 5.75 Å². The van der Waals surface area contributed by atoms with Crippen molar-refractivity contribution in [2.75, 3.05) is 37.6 Å². The minimum absolute atomic E-state index is 0.337. The number of para-hydroxylation sites is 2. The Kier molecular flexibility index (Phi) is 4.55. The van der Waals surface area contributed by atoms with Gasteiger partial charge in [-0.2, -0.15) is 0 Å². The van der Waals surface area contributed by atoms with Crippen LogP contribution < -0.4 is 4.90 Å². The van der Waals surface area contributed by atoms with Crippen molar-refractivity contribution in [3.63, 3.8) is 0 Å². The summed E-state index contributed by atoms with van der Waals surface area (Å²) >= 11 is 0. The number of phenolic OH excluding ortho intramolecular Hbond substituents is 1. The molecule has 1 N–H and O–H groups in total. The minimum atomic E-state index is 0.337. The number of imidazole rings is 1. The van der Waals surface area contributed by atoms with Crippen LogP contribution in [0.3, 0.4) is 0 Å². The van der Waals surface area contributed by atoms with E-state index in [0.29, 0.717) is 12.3 Å². The largest absolute Gasteiger partial charge is 0.508 e. The van der Waals surface area contributed by atoms with E-state index in [-0.39, 0.29) is 0 Å². The van der Waals surface area contributed by atoms with Gasteiger partial charge in [-0.3, -0.25) is 0 Å². The summed E-state index contributed by atoms with van der Waals surface area (Å²) in [5.41, 5.74) is 4.28. The van der Waals surface area contributed by atoms with Crippen LogP contribution in [0.2, 0.25) is 0 Å². The molecule has 0 aliphatic carbocycles. The number of fused-ring (bicyclic) bond motifs is 1. The van der Waals surface area contributed by atoms with Crippen LogP contribution in [0.4, 0.5) is 5.95 Å². The van der Waals surface area contributed by atoms with Crippen LogP contribution in [-0.2, 0) is 6.54 Å². The predicted molar refractivity (Wildman–Crippen MR) is 106 cm³/mol. The van der Waals surface area contributed by atoms with Crippen LogP contribution in [0.25, 0.3) is 11.0 Å². The van der Waals surface area contributed by atoms with E-state index >= 15 is 0 Å². The molecule has 26 heavy (non-hydrogen) atoms. The van der Waals surface area contributed by atoms with Crippen molar-refractivity contribution in [1.29, 1.82) is 0 Å². The van der Waals surface area contributed by atoms with Gasteiger partial charge in [0, 0.05) is 31.7 Å². The average Bonchev–Trinajstić information content (AvgIpc) is 3.04. The fraction of sp³-hybridized carbons (Fsp3) is 0.381. The molecule has 5 nitrogen and oxygen atoms in total. The monoisotopic (exact) mass is 350 g/mol. The number of aromatic hydroxyl groups is 1. The number of nitrogens with zero attached hydrogens (tertiary/aromatic N) is 4. The number of phenols is 1. The van der Waals surface area contributed by atoms with Crippen molar-refractivity contribution in [1.82, 2.24) is 14.5 Å². The third-order valence-corrected chi connectivity index (χ3v) is 5.38. The highest BCUT2D eigenvalue weighted by molar-refractivity contribution is 5.82. The molecule has 0 atom stereocenters. The Morgan fingerprint density at radius 2 is 1.77 bits per heavy atom. The van der Waals surface area contributed by atoms with E-state index in [9.17, 15) is 5.11 Å². The summed E-state index contributed by atoms with van der Waals surface area (Å²) in [6.07, 6.45) is 0. The third kappa shape index (κ3) is 3.03. The predicted octanol–water partition coefficient (Wildman–Crippen LogP) is 3.24. The number of hydrogen-bond donors (Lipinski definition) is 1. The Morgan fingerprint density at radius 3 is 2.50 bits per heavy atom. The van der Waals surface area contributed by atoms with Gasteiger partial charge in [0.05, 0.1) is 17.6 Å². The summed E-state index contributed by atoms with van der Waals surface area (Å²) in [6.45, 7) is 10.1. The molecular weight excluding hydrogens is 324 g/mol. The molecule has 1 aromatic heterocycles. The van der Waals surface area contributed by atoms with Crippen molar-refractivity contribution in [3.05, 3.63) is 53.6 Å². The number of aryl methyl sites for hydroxylation is 1. The fourth-order valence-corrected chi connectivity index (χ4v) is 3.75. The lowest BCUT2D eigenvalue weighted by Gasteiger charge is -2.34. The highest BCUT2D eigenvalue weighted by atomic mass is 16.3. The second kappa shape index (κ2) is 7.00. The standard InChI is InChI=1S/C21H26N4O/c1-3-23-11-13-24(14-12-23)21-22-20-16(2)7-6-9-18(20)25(21)15-17-8-4-5-10-19(17)26/h4-10,26H,3,11-15H2,1-2H3. The number of benzene rings is 2. The van der Waals surface area contributed by atoms with Gasteiger partial charge in [-0.15, -0.1) is 0 Å². The number of piperazine rings is 1. The van der Waals surface area contributed by atoms with E-state index in [2.05, 4.69) is 46.4 Å². The minimum Gasteiger partial charge on any atom is -0.508 e. The summed E-state index contributed by atoms with van der Waals surface area (Å²) in [5.74, 6) is 1.34. The van der Waals surface area contributed by atoms with Crippen molar-refractivity contribution < 1.29 is 5.11 Å². The quantitative estimate of drug-likeness (QED) is 0.785. The van der Waals surface area contributed by atoms with E-state index in [1.165, 1.54) is 5.56 Å². The molecule has 1 fully saturated rings. The smallest absolute Gasteiger partial charge is 0.206 e. The lowest BCUT2D eigenvalue weighted by atomic mass is 10.2. The molecule has 1 aliphatic rings. The second-order valence-electron chi connectivity index (χ2n) is 6.99. The summed E-state index contributed by atoms with van der Waals surface area (Å²) in [5, 5.41) is 10.2. The highest BCUT2D eigenvalue weighted by Gasteiger charge is 2.22. The lowest BCUT2D eigenvalue weighted by molar-refractivity contribution is 0.269. The maximum absolute atomic E-state index is 10.2. The Labute approximate surface area is 154 Å². The SMILES string of the molecule is CCN1CCN(c2nc3c(C)cccc3n2Cc2ccccc2O)CC1. The molecule has 0 spiro atoms. The van der Waals surface area contributed by atoms with Gasteiger partial charge in [-0.05, 0) is 31.2 Å². The Balaban J connectivity index is 1.77. The summed E-state index contributed by atoms with van der Waals surface area (Å²) in [7, 11) is 0. The van der Waals surface area contributed by atoms with E-state index in [1.54, 1.807) is 6.07 Å². The summed E-state index contributed by atoms with van der Waals surface area (Å²) in [4.78, 5) is 9.85. The van der Waals surface area contributed by atoms with Gasteiger partial charge in [-0.1, -0.05) is 37.3 Å². The van der Waals surface area contributed by atoms with Crippen LogP contribution in [0, 0.1) is 6.92 Å². The molecule has 2 heterocycles. The van der Waals surface area contributed by atoms with Gasteiger partial charge in [0.2, 0.25) is 5.95 Å². The Hall–Kier alpha value is -2.53. The molecule has 0 bridgehead atoms. The topological polar surface area (TPSA) is 44.5 Å². The maximum atomic E-state index is 10.2. The number of aromatic nitrogens is 2. The molecule has 1 saturated heterocycles. The number of hydrogen-bond acceptors (Lipinski definition) is 4. The fourth-order valence-electron chi connectivity index (χ4n) is 3.75. The van der Waals surface area contributed by atoms with Gasteiger partial charge in [0.15, 0.2) is 0 Å². The van der Waals surface area contributed by atoms with Crippen molar-refractivity contribution in [2.45, 2.75) is 20.4 Å². The maximum Gasteiger partial charge on any atom is 0.206 e. The zero-order valence-electron chi connectivity index (χ0n) is 15.5. The van der Waals surface area contributed by atoms with Gasteiger partial charge in [-0.25, -0.2) is 4.98 Å². The van der Waals surface area contributed by atoms with E-state index in [1.807, 2.05) is 18.2 Å². The Bertz CT molecular complexity index is 910. The van der Waals surface area contributed by atoms with Crippen molar-refractivity contribution in [3.8, 4) is 5.75 Å². The molecule has 0 radical (unpaired) electrons. The van der Waals surface area contributed by atoms with Crippen LogP contribution in [-0.4, -0.2) is 52.3 Å². The first kappa shape index (κ1) is 16.9. The molecule has 136 valence electrons. The first-order valence-corrected chi connectivity index (χ1v) is 9.37. The molecular formula is C21H26N4O. The number of anilines is 1. The van der Waals surface area contributed by atoms with Gasteiger partial charge in [0.1, 0.15) is 5.75 Å². The zero-order valence-corrected chi connectivity index (χ0v) is 15.5. The summed E-state index contributed by atoms with van der Waals surface area (Å²) in [6, 6.07) is 13.9. The van der Waals surface area contributed by atoms with Crippen molar-refractivity contribution >= 4 is 17.0 Å². The highest BCUT2D eigenvalue weighted by Crippen LogP contribution is 2.28. The van der Waals surface area contributed by atoms with E-state index < -0.39 is 0 Å². The lowest BCUT2D eigenvalue weighted by Crippen LogP contribution is -2.47. The van der Waals surface area contributed by atoms with E-state index in [4.69, 9.17) is 4.98 Å². The molecule has 4 rings (SSSR count). The first-order valence-electron chi connectivity index (χ1n) is 9.37. The zero-order chi connectivity index (χ0) is 18.1. The second-order valence-corrected chi connectivity index (χ2v) is 6.99. The molecule has 0 unspecified atom stereocenters. The van der Waals surface area contributed by atoms with Gasteiger partial charge in [0.25, 0.3) is 0 Å². The first-order chi connectivity index (χ1) is 12.7.